The first-order valence-corrected chi connectivity index (χ1v) is 4.85. The van der Waals surface area contributed by atoms with E-state index in [2.05, 4.69) is 10.3 Å². The van der Waals surface area contributed by atoms with Gasteiger partial charge in [0, 0.05) is 0 Å². The first-order valence-electron chi connectivity index (χ1n) is 4.85. The highest BCUT2D eigenvalue weighted by atomic mass is 19.4. The molecule has 0 atom stereocenters. The summed E-state index contributed by atoms with van der Waals surface area (Å²) < 4.78 is 51.8. The van der Waals surface area contributed by atoms with Crippen LogP contribution in [0, 0.1) is 12.7 Å². The second-order valence-corrected chi connectivity index (χ2v) is 3.63. The van der Waals surface area contributed by atoms with E-state index in [1.54, 1.807) is 6.92 Å². The summed E-state index contributed by atoms with van der Waals surface area (Å²) in [5.74, 6) is -1.23. The van der Waals surface area contributed by atoms with Crippen LogP contribution in [0.25, 0.3) is 5.69 Å². The molecule has 0 saturated carbocycles. The van der Waals surface area contributed by atoms with Gasteiger partial charge in [-0.05, 0) is 25.1 Å². The summed E-state index contributed by atoms with van der Waals surface area (Å²) in [5.41, 5.74) is 4.52. The third kappa shape index (κ3) is 2.01. The molecule has 1 heterocycles. The van der Waals surface area contributed by atoms with Crippen molar-refractivity contribution in [1.29, 1.82) is 0 Å². The van der Waals surface area contributed by atoms with Gasteiger partial charge >= 0.3 is 6.18 Å². The van der Waals surface area contributed by atoms with Gasteiger partial charge in [-0.2, -0.15) is 13.2 Å². The molecule has 0 unspecified atom stereocenters. The van der Waals surface area contributed by atoms with Crippen molar-refractivity contribution in [1.82, 2.24) is 15.0 Å². The first-order chi connectivity index (χ1) is 8.30. The highest BCUT2D eigenvalue weighted by molar-refractivity contribution is 5.42. The molecule has 0 radical (unpaired) electrons. The predicted octanol–water partition coefficient (Wildman–Crippen LogP) is 2.32. The third-order valence-electron chi connectivity index (χ3n) is 2.43. The minimum absolute atomic E-state index is 0.0467. The lowest BCUT2D eigenvalue weighted by Gasteiger charge is -2.10. The van der Waals surface area contributed by atoms with E-state index in [1.165, 1.54) is 6.07 Å². The van der Waals surface area contributed by atoms with Crippen LogP contribution in [-0.4, -0.2) is 15.0 Å². The Bertz CT molecular complexity index is 588. The number of nitrogens with two attached hydrogens (primary N) is 1. The number of anilines is 1. The smallest absolute Gasteiger partial charge is 0.381 e. The quantitative estimate of drug-likeness (QED) is 0.800. The van der Waals surface area contributed by atoms with Crippen molar-refractivity contribution in [2.45, 2.75) is 13.1 Å². The van der Waals surface area contributed by atoms with E-state index in [0.29, 0.717) is 11.8 Å². The van der Waals surface area contributed by atoms with Crippen molar-refractivity contribution in [2.75, 3.05) is 5.73 Å². The highest BCUT2D eigenvalue weighted by Gasteiger charge is 2.34. The van der Waals surface area contributed by atoms with Crippen molar-refractivity contribution in [3.63, 3.8) is 0 Å². The highest BCUT2D eigenvalue weighted by Crippen LogP contribution is 2.32. The topological polar surface area (TPSA) is 56.7 Å². The fourth-order valence-corrected chi connectivity index (χ4v) is 1.45. The summed E-state index contributed by atoms with van der Waals surface area (Å²) in [5, 5.41) is 7.11. The van der Waals surface area contributed by atoms with Crippen LogP contribution in [-0.2, 0) is 6.18 Å². The second kappa shape index (κ2) is 3.97. The number of aromatic nitrogens is 3. The molecule has 0 bridgehead atoms. The summed E-state index contributed by atoms with van der Waals surface area (Å²) in [6.45, 7) is 1.55. The molecule has 1 aromatic carbocycles. The molecular weight excluding hydrogens is 252 g/mol. The second-order valence-electron chi connectivity index (χ2n) is 3.63. The van der Waals surface area contributed by atoms with E-state index >= 15 is 0 Å². The Morgan fingerprint density at radius 3 is 2.44 bits per heavy atom. The number of benzene rings is 1. The molecule has 0 saturated heterocycles. The lowest BCUT2D eigenvalue weighted by atomic mass is 10.2. The number of halogens is 4. The van der Waals surface area contributed by atoms with E-state index in [0.717, 1.165) is 10.7 Å². The van der Waals surface area contributed by atoms with Gasteiger partial charge < -0.3 is 5.73 Å². The van der Waals surface area contributed by atoms with Gasteiger partial charge in [0.25, 0.3) is 0 Å². The van der Waals surface area contributed by atoms with Gasteiger partial charge in [-0.1, -0.05) is 5.21 Å². The van der Waals surface area contributed by atoms with Gasteiger partial charge in [-0.25, -0.2) is 9.07 Å². The largest absolute Gasteiger partial charge is 0.419 e. The molecule has 18 heavy (non-hydrogen) atoms. The molecule has 8 heteroatoms. The van der Waals surface area contributed by atoms with Crippen molar-refractivity contribution in [2.24, 2.45) is 0 Å². The number of hydrogen-bond acceptors (Lipinski definition) is 3. The first kappa shape index (κ1) is 12.3. The Morgan fingerprint density at radius 1 is 1.28 bits per heavy atom. The van der Waals surface area contributed by atoms with Crippen LogP contribution in [0.1, 0.15) is 11.3 Å². The minimum atomic E-state index is -4.76. The summed E-state index contributed by atoms with van der Waals surface area (Å²) in [4.78, 5) is 0. The van der Waals surface area contributed by atoms with Crippen LogP contribution in [0.5, 0.6) is 0 Å². The van der Waals surface area contributed by atoms with E-state index in [1.807, 2.05) is 0 Å². The van der Waals surface area contributed by atoms with Crippen LogP contribution < -0.4 is 5.73 Å². The maximum atomic E-state index is 13.1. The third-order valence-corrected chi connectivity index (χ3v) is 2.43. The molecule has 0 aliphatic heterocycles. The van der Waals surface area contributed by atoms with Crippen molar-refractivity contribution >= 4 is 5.82 Å². The van der Waals surface area contributed by atoms with Gasteiger partial charge in [-0.3, -0.25) is 0 Å². The number of nitrogen functional groups attached to an aromatic ring is 1. The van der Waals surface area contributed by atoms with Gasteiger partial charge in [0.2, 0.25) is 0 Å². The molecule has 2 rings (SSSR count). The van der Waals surface area contributed by atoms with Gasteiger partial charge in [-0.15, -0.1) is 5.10 Å². The van der Waals surface area contributed by atoms with Crippen LogP contribution in [0.3, 0.4) is 0 Å². The molecule has 1 aromatic heterocycles. The summed E-state index contributed by atoms with van der Waals surface area (Å²) in [6.07, 6.45) is -4.76. The maximum Gasteiger partial charge on any atom is 0.419 e. The standard InChI is InChI=1S/C10H8F4N4/c1-5-9(15)16-17-18(5)6-2-3-8(11)7(4-6)10(12,13)14/h2-4H,15H2,1H3. The lowest BCUT2D eigenvalue weighted by Crippen LogP contribution is -2.10. The average molecular weight is 260 g/mol. The average Bonchev–Trinajstić information content (AvgIpc) is 2.59. The number of rotatable bonds is 1. The van der Waals surface area contributed by atoms with Crippen molar-refractivity contribution < 1.29 is 17.6 Å². The molecule has 0 fully saturated rings. The van der Waals surface area contributed by atoms with Crippen LogP contribution in [0.4, 0.5) is 23.4 Å². The Morgan fingerprint density at radius 2 is 1.94 bits per heavy atom. The molecule has 2 N–H and O–H groups in total. The molecule has 0 amide bonds. The number of nitrogens with zero attached hydrogens (tertiary/aromatic N) is 3. The monoisotopic (exact) mass is 260 g/mol. The SMILES string of the molecule is Cc1c(N)nnn1-c1ccc(F)c(C(F)(F)F)c1. The Kier molecular flexibility index (Phi) is 2.72. The van der Waals surface area contributed by atoms with E-state index in [9.17, 15) is 17.6 Å². The van der Waals surface area contributed by atoms with Crippen molar-refractivity contribution in [3.05, 3.63) is 35.3 Å². The van der Waals surface area contributed by atoms with Crippen LogP contribution >= 0.6 is 0 Å². The van der Waals surface area contributed by atoms with Gasteiger partial charge in [0.05, 0.1) is 16.9 Å². The van der Waals surface area contributed by atoms with E-state index in [-0.39, 0.29) is 11.5 Å². The molecule has 4 nitrogen and oxygen atoms in total. The number of hydrogen-bond donors (Lipinski definition) is 1. The Labute approximate surface area is 99.0 Å². The van der Waals surface area contributed by atoms with Crippen molar-refractivity contribution in [3.8, 4) is 5.69 Å². The summed E-state index contributed by atoms with van der Waals surface area (Å²) >= 11 is 0. The summed E-state index contributed by atoms with van der Waals surface area (Å²) in [7, 11) is 0. The normalized spacial score (nSPS) is 11.8. The molecule has 0 aliphatic rings. The molecule has 0 spiro atoms. The fraction of sp³-hybridized carbons (Fsp3) is 0.200. The molecule has 2 aromatic rings. The van der Waals surface area contributed by atoms with E-state index < -0.39 is 17.6 Å². The zero-order valence-electron chi connectivity index (χ0n) is 9.16. The summed E-state index contributed by atoms with van der Waals surface area (Å²) in [6, 6.07) is 2.57. The van der Waals surface area contributed by atoms with Gasteiger partial charge in [0.1, 0.15) is 5.82 Å². The Balaban J connectivity index is 2.58. The minimum Gasteiger partial charge on any atom is -0.381 e. The lowest BCUT2D eigenvalue weighted by molar-refractivity contribution is -0.140. The van der Waals surface area contributed by atoms with Crippen LogP contribution in [0.2, 0.25) is 0 Å². The molecular formula is C10H8F4N4. The maximum absolute atomic E-state index is 13.1. The predicted molar refractivity (Wildman–Crippen MR) is 55.5 cm³/mol. The van der Waals surface area contributed by atoms with E-state index in [4.69, 9.17) is 5.73 Å². The zero-order chi connectivity index (χ0) is 13.5. The number of alkyl halides is 3. The molecule has 96 valence electrons. The Hall–Kier alpha value is -2.12. The fourth-order valence-electron chi connectivity index (χ4n) is 1.45. The zero-order valence-corrected chi connectivity index (χ0v) is 9.16. The van der Waals surface area contributed by atoms with Gasteiger partial charge in [0.15, 0.2) is 5.82 Å². The molecule has 0 aliphatic carbocycles. The van der Waals surface area contributed by atoms with Crippen LogP contribution in [0.15, 0.2) is 18.2 Å².